The highest BCUT2D eigenvalue weighted by Crippen LogP contribution is 2.20. The van der Waals surface area contributed by atoms with Gasteiger partial charge in [-0.15, -0.1) is 0 Å². The molecule has 198 valence electrons. The molecular weight excluding hydrogens is 484 g/mol. The Morgan fingerprint density at radius 2 is 1.21 bits per heavy atom. The molecular formula is C28H32N6O4. The molecule has 2 aliphatic heterocycles. The summed E-state index contributed by atoms with van der Waals surface area (Å²) >= 11 is 0. The van der Waals surface area contributed by atoms with Gasteiger partial charge in [-0.05, 0) is 49.9 Å². The molecule has 0 bridgehead atoms. The number of benzene rings is 2. The van der Waals surface area contributed by atoms with E-state index in [4.69, 9.17) is 5.73 Å². The Bertz CT molecular complexity index is 1620. The molecule has 2 aromatic heterocycles. The van der Waals surface area contributed by atoms with Crippen LogP contribution in [0.4, 0.5) is 11.4 Å². The number of nitrogen functional groups attached to an aromatic ring is 1. The molecule has 0 spiro atoms. The van der Waals surface area contributed by atoms with E-state index >= 15 is 0 Å². The van der Waals surface area contributed by atoms with E-state index in [1.807, 2.05) is 4.57 Å². The minimum absolute atomic E-state index is 0.0276. The molecule has 2 aromatic carbocycles. The predicted molar refractivity (Wildman–Crippen MR) is 147 cm³/mol. The average molecular weight is 517 g/mol. The van der Waals surface area contributed by atoms with Crippen LogP contribution in [0.15, 0.2) is 46.0 Å². The number of aryl methyl sites for hydroxylation is 2. The smallest absolute Gasteiger partial charge is 0.271 e. The van der Waals surface area contributed by atoms with E-state index < -0.39 is 4.92 Å². The van der Waals surface area contributed by atoms with Crippen molar-refractivity contribution in [3.05, 3.63) is 78.9 Å². The molecule has 0 unspecified atom stereocenters. The van der Waals surface area contributed by atoms with Gasteiger partial charge < -0.3 is 5.73 Å². The van der Waals surface area contributed by atoms with Crippen molar-refractivity contribution in [2.75, 3.05) is 5.73 Å². The number of nitro benzene ring substituents is 1. The topological polar surface area (TPSA) is 139 Å². The SMILES string of the molecule is Nc1ccc2c(=O)n3c(nc2c1)CCCCCC3.O=c1c2ccc([N+](=O)[O-])cc2nc2n1CCCCCC2. The maximum atomic E-state index is 12.5. The maximum Gasteiger partial charge on any atom is 0.271 e. The summed E-state index contributed by atoms with van der Waals surface area (Å²) in [5.41, 5.74) is 7.54. The van der Waals surface area contributed by atoms with Crippen molar-refractivity contribution in [1.29, 1.82) is 0 Å². The number of nitro groups is 1. The van der Waals surface area contributed by atoms with Crippen LogP contribution in [0, 0.1) is 10.1 Å². The van der Waals surface area contributed by atoms with Gasteiger partial charge >= 0.3 is 0 Å². The van der Waals surface area contributed by atoms with Crippen LogP contribution in [0.1, 0.15) is 63.0 Å². The quantitative estimate of drug-likeness (QED) is 0.223. The minimum atomic E-state index is -0.463. The number of hydrogen-bond acceptors (Lipinski definition) is 7. The molecule has 0 aliphatic carbocycles. The van der Waals surface area contributed by atoms with Crippen LogP contribution in [0.25, 0.3) is 21.8 Å². The molecule has 4 heterocycles. The zero-order valence-electron chi connectivity index (χ0n) is 21.4. The first-order valence-corrected chi connectivity index (χ1v) is 13.4. The lowest BCUT2D eigenvalue weighted by Crippen LogP contribution is -2.26. The molecule has 10 nitrogen and oxygen atoms in total. The molecule has 38 heavy (non-hydrogen) atoms. The number of anilines is 1. The predicted octanol–water partition coefficient (Wildman–Crippen LogP) is 4.52. The van der Waals surface area contributed by atoms with Crippen LogP contribution in [0.2, 0.25) is 0 Å². The lowest BCUT2D eigenvalue weighted by molar-refractivity contribution is -0.384. The molecule has 0 fully saturated rings. The number of nitrogens with two attached hydrogens (primary N) is 1. The average Bonchev–Trinajstić information content (AvgIpc) is 2.86. The molecule has 10 heteroatoms. The summed E-state index contributed by atoms with van der Waals surface area (Å²) in [6.45, 7) is 1.48. The van der Waals surface area contributed by atoms with Gasteiger partial charge in [-0.2, -0.15) is 0 Å². The monoisotopic (exact) mass is 516 g/mol. The first-order chi connectivity index (χ1) is 18.4. The van der Waals surface area contributed by atoms with Crippen molar-refractivity contribution in [1.82, 2.24) is 19.1 Å². The Kier molecular flexibility index (Phi) is 7.48. The van der Waals surface area contributed by atoms with Gasteiger partial charge in [-0.1, -0.05) is 25.7 Å². The van der Waals surface area contributed by atoms with Crippen molar-refractivity contribution in [3.63, 3.8) is 0 Å². The lowest BCUT2D eigenvalue weighted by atomic mass is 10.1. The molecule has 6 rings (SSSR count). The van der Waals surface area contributed by atoms with E-state index in [0.717, 1.165) is 75.1 Å². The van der Waals surface area contributed by atoms with E-state index in [2.05, 4.69) is 9.97 Å². The van der Waals surface area contributed by atoms with Gasteiger partial charge in [0.25, 0.3) is 16.8 Å². The fraction of sp³-hybridized carbons (Fsp3) is 0.429. The van der Waals surface area contributed by atoms with Crippen LogP contribution in [-0.2, 0) is 25.9 Å². The van der Waals surface area contributed by atoms with E-state index in [0.29, 0.717) is 28.5 Å². The van der Waals surface area contributed by atoms with Crippen LogP contribution >= 0.6 is 0 Å². The summed E-state index contributed by atoms with van der Waals surface area (Å²) in [5, 5.41) is 11.9. The van der Waals surface area contributed by atoms with Crippen molar-refractivity contribution in [2.45, 2.75) is 77.3 Å². The Labute approximate surface area is 219 Å². The van der Waals surface area contributed by atoms with Gasteiger partial charge in [-0.3, -0.25) is 28.8 Å². The second kappa shape index (κ2) is 11.1. The zero-order valence-corrected chi connectivity index (χ0v) is 21.4. The third kappa shape index (κ3) is 5.29. The Hall–Kier alpha value is -4.08. The standard InChI is InChI=1S/C14H15N3O3.C14H17N3O/c18-14-11-7-6-10(17(19)20)9-12(11)15-13-5-3-1-2-4-8-16(13)14;15-10-6-7-11-12(9-10)16-13-5-3-1-2-4-8-17(13)14(11)18/h6-7,9H,1-5,8H2;6-7,9H,1-5,8,15H2. The molecule has 0 radical (unpaired) electrons. The number of nitrogens with zero attached hydrogens (tertiary/aromatic N) is 5. The van der Waals surface area contributed by atoms with Crippen molar-refractivity contribution in [3.8, 4) is 0 Å². The first kappa shape index (κ1) is 25.6. The van der Waals surface area contributed by atoms with Crippen LogP contribution in [0.3, 0.4) is 0 Å². The van der Waals surface area contributed by atoms with Gasteiger partial charge in [-0.25, -0.2) is 9.97 Å². The second-order valence-corrected chi connectivity index (χ2v) is 10.0. The molecule has 0 saturated carbocycles. The van der Waals surface area contributed by atoms with Crippen LogP contribution in [-0.4, -0.2) is 24.0 Å². The summed E-state index contributed by atoms with van der Waals surface area (Å²) in [6, 6.07) is 9.59. The second-order valence-electron chi connectivity index (χ2n) is 10.0. The summed E-state index contributed by atoms with van der Waals surface area (Å²) in [7, 11) is 0. The van der Waals surface area contributed by atoms with Gasteiger partial charge in [0.2, 0.25) is 0 Å². The number of fused-ring (bicyclic) bond motifs is 4. The molecule has 0 atom stereocenters. The highest BCUT2D eigenvalue weighted by Gasteiger charge is 2.16. The number of rotatable bonds is 1. The fourth-order valence-corrected chi connectivity index (χ4v) is 5.31. The number of non-ortho nitro benzene ring substituents is 1. The summed E-state index contributed by atoms with van der Waals surface area (Å²) in [6.07, 6.45) is 10.5. The van der Waals surface area contributed by atoms with Crippen molar-refractivity contribution in [2.24, 2.45) is 0 Å². The third-order valence-electron chi connectivity index (χ3n) is 7.35. The Morgan fingerprint density at radius 3 is 1.76 bits per heavy atom. The fourth-order valence-electron chi connectivity index (χ4n) is 5.31. The van der Waals surface area contributed by atoms with Gasteiger partial charge in [0.05, 0.1) is 26.7 Å². The van der Waals surface area contributed by atoms with Gasteiger partial charge in [0.1, 0.15) is 11.6 Å². The largest absolute Gasteiger partial charge is 0.399 e. The normalized spacial score (nSPS) is 15.7. The molecule has 2 aliphatic rings. The summed E-state index contributed by atoms with van der Waals surface area (Å²) in [4.78, 5) is 44.4. The number of hydrogen-bond donors (Lipinski definition) is 1. The van der Waals surface area contributed by atoms with E-state index in [1.165, 1.54) is 31.0 Å². The summed E-state index contributed by atoms with van der Waals surface area (Å²) in [5.74, 6) is 1.67. The Morgan fingerprint density at radius 1 is 0.711 bits per heavy atom. The summed E-state index contributed by atoms with van der Waals surface area (Å²) < 4.78 is 3.57. The molecule has 0 amide bonds. The van der Waals surface area contributed by atoms with E-state index in [9.17, 15) is 19.7 Å². The highest BCUT2D eigenvalue weighted by molar-refractivity contribution is 5.81. The number of aromatic nitrogens is 4. The maximum absolute atomic E-state index is 12.5. The highest BCUT2D eigenvalue weighted by atomic mass is 16.6. The van der Waals surface area contributed by atoms with E-state index in [-0.39, 0.29) is 16.8 Å². The van der Waals surface area contributed by atoms with Crippen molar-refractivity contribution < 1.29 is 4.92 Å². The van der Waals surface area contributed by atoms with Gasteiger partial charge in [0.15, 0.2) is 0 Å². The van der Waals surface area contributed by atoms with Crippen LogP contribution in [0.5, 0.6) is 0 Å². The van der Waals surface area contributed by atoms with Crippen LogP contribution < -0.4 is 16.9 Å². The molecule has 2 N–H and O–H groups in total. The Balaban J connectivity index is 0.000000156. The third-order valence-corrected chi connectivity index (χ3v) is 7.35. The first-order valence-electron chi connectivity index (χ1n) is 13.4. The zero-order chi connectivity index (χ0) is 26.6. The minimum Gasteiger partial charge on any atom is -0.399 e. The van der Waals surface area contributed by atoms with Crippen molar-refractivity contribution >= 4 is 33.2 Å². The lowest BCUT2D eigenvalue weighted by Gasteiger charge is -2.16. The van der Waals surface area contributed by atoms with Gasteiger partial charge in [0, 0.05) is 43.8 Å². The van der Waals surface area contributed by atoms with E-state index in [1.54, 1.807) is 22.8 Å². The molecule has 0 saturated heterocycles. The molecule has 4 aromatic rings.